The molecule has 0 spiro atoms. The smallest absolute Gasteiger partial charge is 0.233 e. The summed E-state index contributed by atoms with van der Waals surface area (Å²) in [4.78, 5) is 17.6. The molecule has 2 aromatic rings. The molecule has 1 saturated carbocycles. The van der Waals surface area contributed by atoms with Crippen molar-refractivity contribution in [3.63, 3.8) is 0 Å². The van der Waals surface area contributed by atoms with Crippen molar-refractivity contribution < 1.29 is 18.4 Å². The summed E-state index contributed by atoms with van der Waals surface area (Å²) in [6.45, 7) is 7.33. The SMILES string of the molecule is CC[C@H](C)N(Cc1c(-c2ccc(F)cc2)noc1N1CCOCC1)C(=O)C1CCCC1. The number of hydrogen-bond acceptors (Lipinski definition) is 5. The summed E-state index contributed by atoms with van der Waals surface area (Å²) < 4.78 is 24.8. The van der Waals surface area contributed by atoms with Gasteiger partial charge in [-0.3, -0.25) is 4.79 Å². The van der Waals surface area contributed by atoms with Gasteiger partial charge in [-0.25, -0.2) is 4.39 Å². The van der Waals surface area contributed by atoms with Crippen LogP contribution in [0, 0.1) is 11.7 Å². The molecule has 0 unspecified atom stereocenters. The molecule has 1 aromatic heterocycles. The van der Waals surface area contributed by atoms with Gasteiger partial charge >= 0.3 is 0 Å². The second kappa shape index (κ2) is 9.81. The zero-order valence-electron chi connectivity index (χ0n) is 18.5. The highest BCUT2D eigenvalue weighted by Gasteiger charge is 2.33. The molecule has 2 aliphatic rings. The van der Waals surface area contributed by atoms with Crippen LogP contribution in [0.2, 0.25) is 0 Å². The maximum Gasteiger partial charge on any atom is 0.233 e. The van der Waals surface area contributed by atoms with E-state index in [0.717, 1.165) is 43.2 Å². The van der Waals surface area contributed by atoms with Crippen molar-refractivity contribution in [3.05, 3.63) is 35.6 Å². The summed E-state index contributed by atoms with van der Waals surface area (Å²) in [5, 5.41) is 4.37. The molecular formula is C24H32FN3O3. The first-order valence-electron chi connectivity index (χ1n) is 11.5. The highest BCUT2D eigenvalue weighted by molar-refractivity contribution is 5.80. The fourth-order valence-corrected chi connectivity index (χ4v) is 4.54. The lowest BCUT2D eigenvalue weighted by atomic mass is 10.0. The first-order chi connectivity index (χ1) is 15.1. The number of ether oxygens (including phenoxy) is 1. The molecule has 6 nitrogen and oxygen atoms in total. The Hall–Kier alpha value is -2.41. The van der Waals surface area contributed by atoms with Gasteiger partial charge in [-0.1, -0.05) is 24.9 Å². The Morgan fingerprint density at radius 1 is 1.23 bits per heavy atom. The number of carbonyl (C=O) groups excluding carboxylic acids is 1. The van der Waals surface area contributed by atoms with Crippen LogP contribution in [0.15, 0.2) is 28.8 Å². The summed E-state index contributed by atoms with van der Waals surface area (Å²) in [6, 6.07) is 6.40. The number of amides is 1. The Bertz CT molecular complexity index is 871. The van der Waals surface area contributed by atoms with Crippen molar-refractivity contribution in [1.29, 1.82) is 0 Å². The van der Waals surface area contributed by atoms with E-state index in [4.69, 9.17) is 9.26 Å². The van der Waals surface area contributed by atoms with Gasteiger partial charge < -0.3 is 19.1 Å². The van der Waals surface area contributed by atoms with Gasteiger partial charge in [0, 0.05) is 30.6 Å². The topological polar surface area (TPSA) is 58.8 Å². The number of morpholine rings is 1. The van der Waals surface area contributed by atoms with Crippen molar-refractivity contribution >= 4 is 11.8 Å². The fourth-order valence-electron chi connectivity index (χ4n) is 4.54. The third kappa shape index (κ3) is 4.76. The predicted octanol–water partition coefficient (Wildman–Crippen LogP) is 4.63. The van der Waals surface area contributed by atoms with Crippen LogP contribution >= 0.6 is 0 Å². The minimum atomic E-state index is -0.292. The summed E-state index contributed by atoms with van der Waals surface area (Å²) in [5.41, 5.74) is 2.35. The molecule has 1 atom stereocenters. The van der Waals surface area contributed by atoms with Gasteiger partial charge in [0.25, 0.3) is 0 Å². The van der Waals surface area contributed by atoms with Crippen molar-refractivity contribution in [3.8, 4) is 11.3 Å². The largest absolute Gasteiger partial charge is 0.378 e. The zero-order valence-corrected chi connectivity index (χ0v) is 18.5. The van der Waals surface area contributed by atoms with Crippen molar-refractivity contribution in [1.82, 2.24) is 10.1 Å². The third-order valence-corrected chi connectivity index (χ3v) is 6.62. The molecule has 1 aromatic carbocycles. The average Bonchev–Trinajstić information content (AvgIpc) is 3.48. The van der Waals surface area contributed by atoms with Crippen LogP contribution in [0.4, 0.5) is 10.3 Å². The highest BCUT2D eigenvalue weighted by atomic mass is 19.1. The number of aromatic nitrogens is 1. The maximum atomic E-state index is 13.5. The average molecular weight is 430 g/mol. The van der Waals surface area contributed by atoms with E-state index >= 15 is 0 Å². The number of hydrogen-bond donors (Lipinski definition) is 0. The predicted molar refractivity (Wildman–Crippen MR) is 117 cm³/mol. The first-order valence-corrected chi connectivity index (χ1v) is 11.5. The number of benzene rings is 1. The Morgan fingerprint density at radius 2 is 1.90 bits per heavy atom. The van der Waals surface area contributed by atoms with Crippen LogP contribution in [-0.4, -0.2) is 48.3 Å². The molecule has 0 N–H and O–H groups in total. The third-order valence-electron chi connectivity index (χ3n) is 6.62. The minimum Gasteiger partial charge on any atom is -0.378 e. The number of anilines is 1. The second-order valence-corrected chi connectivity index (χ2v) is 8.63. The molecule has 1 amide bonds. The second-order valence-electron chi connectivity index (χ2n) is 8.63. The van der Waals surface area contributed by atoms with E-state index in [9.17, 15) is 9.18 Å². The standard InChI is InChI=1S/C24H32FN3O3/c1-3-17(2)28(23(29)19-6-4-5-7-19)16-21-22(18-8-10-20(25)11-9-18)26-31-24(21)27-12-14-30-15-13-27/h8-11,17,19H,3-7,12-16H2,1-2H3/t17-/m0/s1. The molecular weight excluding hydrogens is 397 g/mol. The Balaban J connectivity index is 1.71. The van der Waals surface area contributed by atoms with E-state index in [0.29, 0.717) is 44.4 Å². The molecule has 2 heterocycles. The van der Waals surface area contributed by atoms with Gasteiger partial charge in [-0.05, 0) is 50.5 Å². The molecule has 168 valence electrons. The summed E-state index contributed by atoms with van der Waals surface area (Å²) in [6.07, 6.45) is 5.06. The molecule has 31 heavy (non-hydrogen) atoms. The van der Waals surface area contributed by atoms with Crippen LogP contribution in [0.5, 0.6) is 0 Å². The van der Waals surface area contributed by atoms with Gasteiger partial charge in [0.05, 0.1) is 25.3 Å². The minimum absolute atomic E-state index is 0.106. The van der Waals surface area contributed by atoms with E-state index in [-0.39, 0.29) is 23.7 Å². The number of carbonyl (C=O) groups is 1. The molecule has 4 rings (SSSR count). The van der Waals surface area contributed by atoms with Gasteiger partial charge in [0.15, 0.2) is 0 Å². The van der Waals surface area contributed by atoms with Crippen LogP contribution in [0.3, 0.4) is 0 Å². The first kappa shape index (κ1) is 21.8. The molecule has 1 saturated heterocycles. The summed E-state index contributed by atoms with van der Waals surface area (Å²) >= 11 is 0. The van der Waals surface area contributed by atoms with Crippen LogP contribution in [0.1, 0.15) is 51.5 Å². The number of nitrogens with zero attached hydrogens (tertiary/aromatic N) is 3. The highest BCUT2D eigenvalue weighted by Crippen LogP contribution is 2.35. The van der Waals surface area contributed by atoms with Crippen molar-refractivity contribution in [2.75, 3.05) is 31.2 Å². The molecule has 0 radical (unpaired) electrons. The Morgan fingerprint density at radius 3 is 2.55 bits per heavy atom. The fraction of sp³-hybridized carbons (Fsp3) is 0.583. The van der Waals surface area contributed by atoms with E-state index < -0.39 is 0 Å². The summed E-state index contributed by atoms with van der Waals surface area (Å²) in [5.74, 6) is 0.732. The van der Waals surface area contributed by atoms with Crippen LogP contribution < -0.4 is 4.90 Å². The van der Waals surface area contributed by atoms with E-state index in [1.807, 2.05) is 4.90 Å². The normalized spacial score (nSPS) is 18.4. The van der Waals surface area contributed by atoms with E-state index in [1.165, 1.54) is 12.1 Å². The van der Waals surface area contributed by atoms with E-state index in [1.54, 1.807) is 12.1 Å². The Kier molecular flexibility index (Phi) is 6.90. The summed E-state index contributed by atoms with van der Waals surface area (Å²) in [7, 11) is 0. The lowest BCUT2D eigenvalue weighted by Crippen LogP contribution is -2.42. The molecule has 7 heteroatoms. The molecule has 2 fully saturated rings. The zero-order chi connectivity index (χ0) is 21.8. The van der Waals surface area contributed by atoms with E-state index in [2.05, 4.69) is 23.9 Å². The number of halogens is 1. The van der Waals surface area contributed by atoms with Crippen LogP contribution in [0.25, 0.3) is 11.3 Å². The maximum absolute atomic E-state index is 13.5. The molecule has 1 aliphatic heterocycles. The molecule has 1 aliphatic carbocycles. The lowest BCUT2D eigenvalue weighted by molar-refractivity contribution is -0.138. The van der Waals surface area contributed by atoms with Crippen LogP contribution in [-0.2, 0) is 16.1 Å². The Labute approximate surface area is 183 Å². The van der Waals surface area contributed by atoms with Gasteiger partial charge in [0.2, 0.25) is 11.8 Å². The lowest BCUT2D eigenvalue weighted by Gasteiger charge is -2.32. The van der Waals surface area contributed by atoms with Gasteiger partial charge in [-0.2, -0.15) is 0 Å². The van der Waals surface area contributed by atoms with Crippen molar-refractivity contribution in [2.24, 2.45) is 5.92 Å². The quantitative estimate of drug-likeness (QED) is 0.642. The monoisotopic (exact) mass is 429 g/mol. The number of rotatable bonds is 7. The van der Waals surface area contributed by atoms with Gasteiger partial charge in [0.1, 0.15) is 11.5 Å². The molecule has 0 bridgehead atoms. The van der Waals surface area contributed by atoms with Gasteiger partial charge in [-0.15, -0.1) is 0 Å². The van der Waals surface area contributed by atoms with Crippen molar-refractivity contribution in [2.45, 2.75) is 58.5 Å².